The Morgan fingerprint density at radius 3 is 2.75 bits per heavy atom. The maximum Gasteiger partial charge on any atom is 0.411 e. The van der Waals surface area contributed by atoms with Crippen LogP contribution < -0.4 is 0 Å². The molecule has 0 N–H and O–H groups in total. The van der Waals surface area contributed by atoms with Crippen LogP contribution in [0.2, 0.25) is 6.04 Å². The van der Waals surface area contributed by atoms with Gasteiger partial charge in [0.25, 0.3) is 0 Å². The molecule has 0 aliphatic carbocycles. The fraction of sp³-hybridized carbons (Fsp3) is 0.562. The summed E-state index contributed by atoms with van der Waals surface area (Å²) < 4.78 is 5.54. The van der Waals surface area contributed by atoms with Crippen molar-refractivity contribution in [3.63, 3.8) is 0 Å². The van der Waals surface area contributed by atoms with Gasteiger partial charge in [-0.05, 0) is 38.3 Å². The minimum Gasteiger partial charge on any atom is -0.444 e. The van der Waals surface area contributed by atoms with Crippen LogP contribution in [0.1, 0.15) is 50.8 Å². The van der Waals surface area contributed by atoms with Crippen LogP contribution in [0.4, 0.5) is 4.79 Å². The summed E-state index contributed by atoms with van der Waals surface area (Å²) in [5, 5.41) is 0. The highest BCUT2D eigenvalue weighted by molar-refractivity contribution is 6.08. The van der Waals surface area contributed by atoms with Gasteiger partial charge in [-0.3, -0.25) is 4.90 Å². The zero-order valence-electron chi connectivity index (χ0n) is 12.5. The molecule has 0 saturated heterocycles. The van der Waals surface area contributed by atoms with Gasteiger partial charge in [-0.15, -0.1) is 0 Å². The van der Waals surface area contributed by atoms with Gasteiger partial charge in [-0.25, -0.2) is 4.79 Å². The molecule has 1 heterocycles. The smallest absolute Gasteiger partial charge is 0.411 e. The molecule has 1 aromatic rings. The van der Waals surface area contributed by atoms with E-state index >= 15 is 0 Å². The molecule has 1 amide bonds. The maximum atomic E-state index is 12.4. The number of hydrogen-bond donors (Lipinski definition) is 0. The molecule has 0 aromatic heterocycles. The van der Waals surface area contributed by atoms with Crippen LogP contribution in [0.15, 0.2) is 24.3 Å². The van der Waals surface area contributed by atoms with Crippen molar-refractivity contribution in [1.82, 2.24) is 4.90 Å². The Balaban J connectivity index is 2.18. The molecule has 0 fully saturated rings. The molecule has 0 bridgehead atoms. The Bertz CT molecular complexity index is 482. The SMILES string of the molecule is CC(C)(C)OC(=O)N1Cc2ccccc2C1CCC[Si]. The zero-order chi connectivity index (χ0) is 14.8. The number of carbonyl (C=O) groups is 1. The third-order valence-electron chi connectivity index (χ3n) is 3.41. The number of nitrogens with zero attached hydrogens (tertiary/aromatic N) is 1. The number of rotatable bonds is 3. The fourth-order valence-electron chi connectivity index (χ4n) is 2.58. The standard InChI is InChI=1S/C16H22NO2Si/c1-16(2,3)19-15(18)17-11-12-7-4-5-8-13(12)14(17)9-6-10-20/h4-5,7-8,14H,6,9-11H2,1-3H3. The highest BCUT2D eigenvalue weighted by Crippen LogP contribution is 2.37. The first-order valence-electron chi connectivity index (χ1n) is 7.14. The lowest BCUT2D eigenvalue weighted by atomic mass is 10.0. The number of carbonyl (C=O) groups excluding carboxylic acids is 1. The minimum absolute atomic E-state index is 0.136. The topological polar surface area (TPSA) is 29.5 Å². The number of ether oxygens (including phenoxy) is 1. The van der Waals surface area contributed by atoms with E-state index in [2.05, 4.69) is 22.4 Å². The number of amides is 1. The van der Waals surface area contributed by atoms with Crippen molar-refractivity contribution in [3.8, 4) is 0 Å². The Labute approximate surface area is 124 Å². The van der Waals surface area contributed by atoms with Gasteiger partial charge in [-0.2, -0.15) is 0 Å². The predicted molar refractivity (Wildman–Crippen MR) is 80.8 cm³/mol. The molecule has 0 saturated carbocycles. The highest BCUT2D eigenvalue weighted by atomic mass is 28.1. The summed E-state index contributed by atoms with van der Waals surface area (Å²) in [6, 6.07) is 9.37. The molecule has 3 radical (unpaired) electrons. The van der Waals surface area contributed by atoms with Gasteiger partial charge >= 0.3 is 6.09 Å². The van der Waals surface area contributed by atoms with Crippen LogP contribution in [0.25, 0.3) is 0 Å². The van der Waals surface area contributed by atoms with E-state index in [1.54, 1.807) is 0 Å². The van der Waals surface area contributed by atoms with Gasteiger partial charge < -0.3 is 4.74 Å². The Kier molecular flexibility index (Phi) is 4.53. The average Bonchev–Trinajstić information content (AvgIpc) is 2.73. The van der Waals surface area contributed by atoms with E-state index in [-0.39, 0.29) is 12.1 Å². The molecule has 20 heavy (non-hydrogen) atoms. The second-order valence-corrected chi connectivity index (χ2v) is 6.72. The Morgan fingerprint density at radius 2 is 2.10 bits per heavy atom. The van der Waals surface area contributed by atoms with Crippen LogP contribution in [0, 0.1) is 0 Å². The fourth-order valence-corrected chi connectivity index (χ4v) is 2.79. The molecule has 1 unspecified atom stereocenters. The second-order valence-electron chi connectivity index (χ2n) is 6.22. The normalized spacial score (nSPS) is 18.0. The number of fused-ring (bicyclic) bond motifs is 1. The summed E-state index contributed by atoms with van der Waals surface area (Å²) in [4.78, 5) is 14.3. The second kappa shape index (κ2) is 6.00. The van der Waals surface area contributed by atoms with Crippen LogP contribution in [0.5, 0.6) is 0 Å². The van der Waals surface area contributed by atoms with Crippen molar-refractivity contribution in [1.29, 1.82) is 0 Å². The summed E-state index contributed by atoms with van der Waals surface area (Å²) in [7, 11) is 3.52. The van der Waals surface area contributed by atoms with Crippen LogP contribution in [-0.2, 0) is 11.3 Å². The van der Waals surface area contributed by atoms with E-state index in [9.17, 15) is 4.79 Å². The molecule has 1 atom stereocenters. The molecule has 1 aliphatic rings. The van der Waals surface area contributed by atoms with Gasteiger partial charge in [-0.1, -0.05) is 36.7 Å². The maximum absolute atomic E-state index is 12.4. The zero-order valence-corrected chi connectivity index (χ0v) is 13.5. The number of benzene rings is 1. The molecular weight excluding hydrogens is 266 g/mol. The first-order chi connectivity index (χ1) is 9.42. The summed E-state index contributed by atoms with van der Waals surface area (Å²) >= 11 is 0. The lowest BCUT2D eigenvalue weighted by Gasteiger charge is -2.29. The summed E-state index contributed by atoms with van der Waals surface area (Å²) in [6.45, 7) is 6.36. The van der Waals surface area contributed by atoms with Gasteiger partial charge in [0.2, 0.25) is 0 Å². The lowest BCUT2D eigenvalue weighted by molar-refractivity contribution is 0.0164. The third-order valence-corrected chi connectivity index (χ3v) is 3.77. The molecule has 107 valence electrons. The van der Waals surface area contributed by atoms with E-state index in [1.165, 1.54) is 11.1 Å². The molecule has 3 nitrogen and oxygen atoms in total. The van der Waals surface area contributed by atoms with Gasteiger partial charge in [0.15, 0.2) is 0 Å². The van der Waals surface area contributed by atoms with Crippen molar-refractivity contribution in [2.45, 2.75) is 57.8 Å². The summed E-state index contributed by atoms with van der Waals surface area (Å²) in [6.07, 6.45) is 1.78. The van der Waals surface area contributed by atoms with E-state index < -0.39 is 5.60 Å². The van der Waals surface area contributed by atoms with E-state index in [1.807, 2.05) is 37.8 Å². The van der Waals surface area contributed by atoms with E-state index in [0.717, 1.165) is 18.9 Å². The summed E-state index contributed by atoms with van der Waals surface area (Å²) in [5.41, 5.74) is 2.04. The molecular formula is C16H22NO2Si. The van der Waals surface area contributed by atoms with Crippen molar-refractivity contribution in [2.75, 3.05) is 0 Å². The predicted octanol–water partition coefficient (Wildman–Crippen LogP) is 3.85. The molecule has 2 rings (SSSR count). The largest absolute Gasteiger partial charge is 0.444 e. The van der Waals surface area contributed by atoms with Crippen molar-refractivity contribution in [3.05, 3.63) is 35.4 Å². The first-order valence-corrected chi connectivity index (χ1v) is 7.85. The van der Waals surface area contributed by atoms with Crippen molar-refractivity contribution in [2.24, 2.45) is 0 Å². The van der Waals surface area contributed by atoms with Gasteiger partial charge in [0.1, 0.15) is 5.60 Å². The van der Waals surface area contributed by atoms with Gasteiger partial charge in [0, 0.05) is 16.8 Å². The number of hydrogen-bond acceptors (Lipinski definition) is 2. The van der Waals surface area contributed by atoms with Crippen molar-refractivity contribution < 1.29 is 9.53 Å². The van der Waals surface area contributed by atoms with Crippen molar-refractivity contribution >= 4 is 16.3 Å². The minimum atomic E-state index is -0.453. The Hall–Kier alpha value is -1.29. The van der Waals surface area contributed by atoms with Gasteiger partial charge in [0.05, 0.1) is 6.04 Å². The molecule has 1 aromatic carbocycles. The van der Waals surface area contributed by atoms with Crippen LogP contribution in [-0.4, -0.2) is 26.8 Å². The Morgan fingerprint density at radius 1 is 1.40 bits per heavy atom. The highest BCUT2D eigenvalue weighted by Gasteiger charge is 2.35. The first kappa shape index (κ1) is 15.1. The van der Waals surface area contributed by atoms with E-state index in [0.29, 0.717) is 6.54 Å². The monoisotopic (exact) mass is 288 g/mol. The van der Waals surface area contributed by atoms with E-state index in [4.69, 9.17) is 4.74 Å². The van der Waals surface area contributed by atoms with Crippen LogP contribution >= 0.6 is 0 Å². The molecule has 1 aliphatic heterocycles. The lowest BCUT2D eigenvalue weighted by Crippen LogP contribution is -2.35. The molecule has 0 spiro atoms. The molecule has 4 heteroatoms. The third kappa shape index (κ3) is 3.42. The quantitative estimate of drug-likeness (QED) is 0.791. The summed E-state index contributed by atoms with van der Waals surface area (Å²) in [5.74, 6) is 0. The van der Waals surface area contributed by atoms with Crippen LogP contribution in [0.3, 0.4) is 0 Å². The average molecular weight is 288 g/mol.